The van der Waals surface area contributed by atoms with Gasteiger partial charge in [0.05, 0.1) is 17.5 Å². The van der Waals surface area contributed by atoms with Crippen molar-refractivity contribution in [3.05, 3.63) is 18.3 Å². The number of aromatic nitrogens is 1. The maximum atomic E-state index is 5.47. The lowest BCUT2D eigenvalue weighted by Crippen LogP contribution is -2.32. The number of anilines is 2. The first-order valence-electron chi connectivity index (χ1n) is 4.54. The molecule has 0 atom stereocenters. The van der Waals surface area contributed by atoms with Crippen LogP contribution in [0.25, 0.3) is 0 Å². The summed E-state index contributed by atoms with van der Waals surface area (Å²) in [6, 6.07) is 3.66. The lowest BCUT2D eigenvalue weighted by Gasteiger charge is -2.23. The molecular weight excluding hydrogens is 178 g/mol. The minimum atomic E-state index is -0.179. The second-order valence-electron chi connectivity index (χ2n) is 3.79. The number of nitrogens with one attached hydrogen (secondary N) is 1. The molecule has 78 valence electrons. The van der Waals surface area contributed by atoms with Crippen LogP contribution in [-0.2, 0) is 4.74 Å². The number of methoxy groups -OCH3 is 1. The van der Waals surface area contributed by atoms with E-state index in [1.807, 2.05) is 19.9 Å². The monoisotopic (exact) mass is 195 g/mol. The molecule has 4 nitrogen and oxygen atoms in total. The number of nitrogens with zero attached hydrogens (tertiary/aromatic N) is 1. The summed E-state index contributed by atoms with van der Waals surface area (Å²) < 4.78 is 5.28. The summed E-state index contributed by atoms with van der Waals surface area (Å²) in [6.45, 7) is 4.77. The molecule has 14 heavy (non-hydrogen) atoms. The van der Waals surface area contributed by atoms with E-state index in [0.29, 0.717) is 5.82 Å². The Morgan fingerprint density at radius 2 is 2.21 bits per heavy atom. The maximum absolute atomic E-state index is 5.47. The predicted molar refractivity (Wildman–Crippen MR) is 58.2 cm³/mol. The number of hydrogen-bond donors (Lipinski definition) is 2. The predicted octanol–water partition coefficient (Wildman–Crippen LogP) is 1.50. The van der Waals surface area contributed by atoms with Crippen LogP contribution in [0.3, 0.4) is 0 Å². The molecule has 1 heterocycles. The highest BCUT2D eigenvalue weighted by Gasteiger charge is 2.15. The third-order valence-electron chi connectivity index (χ3n) is 2.06. The van der Waals surface area contributed by atoms with E-state index in [9.17, 15) is 0 Å². The van der Waals surface area contributed by atoms with Gasteiger partial charge < -0.3 is 15.8 Å². The molecule has 1 rings (SSSR count). The van der Waals surface area contributed by atoms with E-state index < -0.39 is 0 Å². The molecule has 0 unspecified atom stereocenters. The van der Waals surface area contributed by atoms with Gasteiger partial charge in [0.2, 0.25) is 0 Å². The average molecular weight is 195 g/mol. The van der Waals surface area contributed by atoms with Gasteiger partial charge in [-0.25, -0.2) is 4.98 Å². The van der Waals surface area contributed by atoms with Crippen molar-refractivity contribution in [3.63, 3.8) is 0 Å². The lowest BCUT2D eigenvalue weighted by molar-refractivity contribution is 0.0344. The first-order valence-corrected chi connectivity index (χ1v) is 4.54. The van der Waals surface area contributed by atoms with Gasteiger partial charge in [0.1, 0.15) is 5.82 Å². The van der Waals surface area contributed by atoms with Crippen LogP contribution in [0.2, 0.25) is 0 Å². The molecule has 0 aromatic carbocycles. The molecule has 0 fully saturated rings. The van der Waals surface area contributed by atoms with Gasteiger partial charge in [0.25, 0.3) is 0 Å². The first-order chi connectivity index (χ1) is 6.53. The fourth-order valence-electron chi connectivity index (χ4n) is 0.897. The molecule has 0 aliphatic heterocycles. The minimum Gasteiger partial charge on any atom is -0.384 e. The molecule has 0 radical (unpaired) electrons. The summed E-state index contributed by atoms with van der Waals surface area (Å²) in [7, 11) is 1.70. The molecule has 0 amide bonds. The Balaban J connectivity index is 2.50. The van der Waals surface area contributed by atoms with Gasteiger partial charge >= 0.3 is 0 Å². The molecule has 0 saturated heterocycles. The highest BCUT2D eigenvalue weighted by molar-refractivity contribution is 5.45. The van der Waals surface area contributed by atoms with Gasteiger partial charge in [-0.3, -0.25) is 0 Å². The van der Waals surface area contributed by atoms with Gasteiger partial charge in [-0.15, -0.1) is 0 Å². The van der Waals surface area contributed by atoms with Gasteiger partial charge in [-0.05, 0) is 26.0 Å². The van der Waals surface area contributed by atoms with Gasteiger partial charge in [0, 0.05) is 13.7 Å². The molecule has 0 aliphatic rings. The zero-order chi connectivity index (χ0) is 10.6. The number of pyridine rings is 1. The van der Waals surface area contributed by atoms with Crippen molar-refractivity contribution < 1.29 is 4.74 Å². The summed E-state index contributed by atoms with van der Waals surface area (Å²) in [5.74, 6) is 0.529. The second kappa shape index (κ2) is 4.28. The van der Waals surface area contributed by atoms with E-state index in [2.05, 4.69) is 10.3 Å². The van der Waals surface area contributed by atoms with Crippen molar-refractivity contribution in [3.8, 4) is 0 Å². The molecule has 1 aromatic rings. The third kappa shape index (κ3) is 3.22. The van der Waals surface area contributed by atoms with Crippen molar-refractivity contribution in [2.75, 3.05) is 24.7 Å². The molecule has 0 spiro atoms. The molecule has 0 aliphatic carbocycles. The second-order valence-corrected chi connectivity index (χ2v) is 3.79. The Morgan fingerprint density at radius 1 is 1.50 bits per heavy atom. The van der Waals surface area contributed by atoms with E-state index in [-0.39, 0.29) is 5.60 Å². The van der Waals surface area contributed by atoms with Crippen molar-refractivity contribution in [2.24, 2.45) is 0 Å². The Bertz CT molecular complexity index is 282. The quantitative estimate of drug-likeness (QED) is 0.764. The van der Waals surface area contributed by atoms with Crippen LogP contribution in [0, 0.1) is 0 Å². The van der Waals surface area contributed by atoms with Crippen molar-refractivity contribution >= 4 is 11.5 Å². The van der Waals surface area contributed by atoms with Crippen LogP contribution in [-0.4, -0.2) is 24.2 Å². The Morgan fingerprint density at radius 3 is 2.71 bits per heavy atom. The lowest BCUT2D eigenvalue weighted by atomic mass is 10.1. The van der Waals surface area contributed by atoms with Crippen molar-refractivity contribution in [2.45, 2.75) is 19.4 Å². The maximum Gasteiger partial charge on any atom is 0.123 e. The van der Waals surface area contributed by atoms with Gasteiger partial charge in [-0.2, -0.15) is 0 Å². The number of nitrogen functional groups attached to an aromatic ring is 1. The summed E-state index contributed by atoms with van der Waals surface area (Å²) in [4.78, 5) is 3.98. The Labute approximate surface area is 84.5 Å². The van der Waals surface area contributed by atoms with E-state index in [4.69, 9.17) is 10.5 Å². The normalized spacial score (nSPS) is 11.4. The molecule has 3 N–H and O–H groups in total. The summed E-state index contributed by atoms with van der Waals surface area (Å²) in [5.41, 5.74) is 6.24. The Hall–Kier alpha value is -1.29. The highest BCUT2D eigenvalue weighted by atomic mass is 16.5. The summed E-state index contributed by atoms with van der Waals surface area (Å²) in [5, 5.41) is 3.22. The van der Waals surface area contributed by atoms with E-state index in [1.165, 1.54) is 0 Å². The van der Waals surface area contributed by atoms with Crippen LogP contribution in [0.4, 0.5) is 11.5 Å². The Kier molecular flexibility index (Phi) is 3.30. The number of ether oxygens (including phenoxy) is 1. The van der Waals surface area contributed by atoms with Crippen LogP contribution >= 0.6 is 0 Å². The zero-order valence-corrected chi connectivity index (χ0v) is 8.87. The van der Waals surface area contributed by atoms with E-state index >= 15 is 0 Å². The fraction of sp³-hybridized carbons (Fsp3) is 0.500. The zero-order valence-electron chi connectivity index (χ0n) is 8.87. The molecule has 0 bridgehead atoms. The smallest absolute Gasteiger partial charge is 0.123 e. The number of nitrogens with two attached hydrogens (primary N) is 1. The average Bonchev–Trinajstić information content (AvgIpc) is 2.17. The van der Waals surface area contributed by atoms with Gasteiger partial charge in [0.15, 0.2) is 0 Å². The molecule has 1 aromatic heterocycles. The largest absolute Gasteiger partial charge is 0.384 e. The summed E-state index contributed by atoms with van der Waals surface area (Å²) in [6.07, 6.45) is 1.71. The third-order valence-corrected chi connectivity index (χ3v) is 2.06. The number of hydrogen-bond acceptors (Lipinski definition) is 4. The fourth-order valence-corrected chi connectivity index (χ4v) is 0.897. The molecular formula is C10H17N3O. The molecule has 4 heteroatoms. The SMILES string of the molecule is COC(C)(C)CNc1ccc(N)nc1. The van der Waals surface area contributed by atoms with Gasteiger partial charge in [-0.1, -0.05) is 0 Å². The van der Waals surface area contributed by atoms with Crippen LogP contribution in [0.1, 0.15) is 13.8 Å². The summed E-state index contributed by atoms with van der Waals surface area (Å²) >= 11 is 0. The first kappa shape index (κ1) is 10.8. The van der Waals surface area contributed by atoms with Crippen LogP contribution in [0.5, 0.6) is 0 Å². The van der Waals surface area contributed by atoms with Crippen LogP contribution in [0.15, 0.2) is 18.3 Å². The van der Waals surface area contributed by atoms with Crippen molar-refractivity contribution in [1.29, 1.82) is 0 Å². The highest BCUT2D eigenvalue weighted by Crippen LogP contribution is 2.11. The molecule has 0 saturated carbocycles. The standard InChI is InChI=1S/C10H17N3O/c1-10(2,14-3)7-13-8-4-5-9(11)12-6-8/h4-6,13H,7H2,1-3H3,(H2,11,12). The van der Waals surface area contributed by atoms with E-state index in [1.54, 1.807) is 19.4 Å². The number of rotatable bonds is 4. The topological polar surface area (TPSA) is 60.2 Å². The van der Waals surface area contributed by atoms with E-state index in [0.717, 1.165) is 12.2 Å². The minimum absolute atomic E-state index is 0.179. The van der Waals surface area contributed by atoms with Crippen LogP contribution < -0.4 is 11.1 Å². The van der Waals surface area contributed by atoms with Crippen molar-refractivity contribution in [1.82, 2.24) is 4.98 Å².